The number of carbonyl (C=O) groups excluding carboxylic acids is 1. The lowest BCUT2D eigenvalue weighted by atomic mass is 10.3. The van der Waals surface area contributed by atoms with E-state index in [1.165, 1.54) is 0 Å². The largest absolute Gasteiger partial charge is 0.395 e. The Morgan fingerprint density at radius 1 is 1.19 bits per heavy atom. The SMILES string of the molecule is CCCCN(CCO)C(=O)CCOCCC. The molecule has 0 atom stereocenters. The van der Waals surface area contributed by atoms with E-state index in [1.54, 1.807) is 4.90 Å². The van der Waals surface area contributed by atoms with Gasteiger partial charge in [0.25, 0.3) is 0 Å². The Labute approximate surface area is 98.6 Å². The molecule has 96 valence electrons. The number of ether oxygens (including phenoxy) is 1. The van der Waals surface area contributed by atoms with Crippen LogP contribution in [0.15, 0.2) is 0 Å². The van der Waals surface area contributed by atoms with Crippen LogP contribution in [0.1, 0.15) is 39.5 Å². The molecule has 0 spiro atoms. The number of aliphatic hydroxyl groups is 1. The Hall–Kier alpha value is -0.610. The highest BCUT2D eigenvalue weighted by Crippen LogP contribution is 1.99. The molecule has 0 aliphatic heterocycles. The molecule has 4 heteroatoms. The van der Waals surface area contributed by atoms with E-state index >= 15 is 0 Å². The Morgan fingerprint density at radius 2 is 1.94 bits per heavy atom. The van der Waals surface area contributed by atoms with Crippen LogP contribution < -0.4 is 0 Å². The van der Waals surface area contributed by atoms with E-state index in [2.05, 4.69) is 6.92 Å². The number of rotatable bonds is 10. The Morgan fingerprint density at radius 3 is 2.50 bits per heavy atom. The summed E-state index contributed by atoms with van der Waals surface area (Å²) in [5, 5.41) is 8.87. The second-order valence-electron chi connectivity index (χ2n) is 3.82. The van der Waals surface area contributed by atoms with Crippen LogP contribution in [0.2, 0.25) is 0 Å². The predicted octanol–water partition coefficient (Wildman–Crippen LogP) is 1.42. The van der Waals surface area contributed by atoms with Crippen molar-refractivity contribution < 1.29 is 14.6 Å². The van der Waals surface area contributed by atoms with Crippen molar-refractivity contribution in [1.82, 2.24) is 4.90 Å². The van der Waals surface area contributed by atoms with Gasteiger partial charge in [-0.3, -0.25) is 4.79 Å². The highest BCUT2D eigenvalue weighted by Gasteiger charge is 2.11. The van der Waals surface area contributed by atoms with Gasteiger partial charge in [-0.25, -0.2) is 0 Å². The molecule has 1 N–H and O–H groups in total. The molecule has 0 fully saturated rings. The molecule has 0 aromatic heterocycles. The standard InChI is InChI=1S/C12H25NO3/c1-3-5-7-13(8-9-14)12(15)6-11-16-10-4-2/h14H,3-11H2,1-2H3. The number of nitrogens with zero attached hydrogens (tertiary/aromatic N) is 1. The van der Waals surface area contributed by atoms with E-state index in [-0.39, 0.29) is 12.5 Å². The van der Waals surface area contributed by atoms with Crippen molar-refractivity contribution in [3.63, 3.8) is 0 Å². The van der Waals surface area contributed by atoms with Crippen molar-refractivity contribution >= 4 is 5.91 Å². The van der Waals surface area contributed by atoms with E-state index in [1.807, 2.05) is 6.92 Å². The zero-order chi connectivity index (χ0) is 12.2. The molecule has 1 amide bonds. The number of aliphatic hydroxyl groups excluding tert-OH is 1. The summed E-state index contributed by atoms with van der Waals surface area (Å²) in [7, 11) is 0. The molecule has 0 aromatic carbocycles. The number of hydrogen-bond donors (Lipinski definition) is 1. The molecule has 0 rings (SSSR count). The smallest absolute Gasteiger partial charge is 0.224 e. The van der Waals surface area contributed by atoms with Crippen molar-refractivity contribution in [3.05, 3.63) is 0 Å². The summed E-state index contributed by atoms with van der Waals surface area (Å²) in [6, 6.07) is 0. The highest BCUT2D eigenvalue weighted by molar-refractivity contribution is 5.76. The van der Waals surface area contributed by atoms with Gasteiger partial charge in [-0.2, -0.15) is 0 Å². The summed E-state index contributed by atoms with van der Waals surface area (Å²) in [6.07, 6.45) is 3.44. The van der Waals surface area contributed by atoms with Crippen molar-refractivity contribution in [2.75, 3.05) is 32.9 Å². The van der Waals surface area contributed by atoms with Gasteiger partial charge in [0.2, 0.25) is 5.91 Å². The molecule has 0 radical (unpaired) electrons. The summed E-state index contributed by atoms with van der Waals surface area (Å²) in [4.78, 5) is 13.5. The first kappa shape index (κ1) is 15.4. The first-order valence-electron chi connectivity index (χ1n) is 6.22. The van der Waals surface area contributed by atoms with E-state index in [0.717, 1.165) is 25.8 Å². The third-order valence-electron chi connectivity index (χ3n) is 2.31. The average Bonchev–Trinajstić information content (AvgIpc) is 2.29. The normalized spacial score (nSPS) is 10.4. The molecular weight excluding hydrogens is 206 g/mol. The summed E-state index contributed by atoms with van der Waals surface area (Å²) in [5.41, 5.74) is 0. The Bertz CT molecular complexity index is 174. The molecule has 0 aromatic rings. The fraction of sp³-hybridized carbons (Fsp3) is 0.917. The van der Waals surface area contributed by atoms with E-state index < -0.39 is 0 Å². The second-order valence-corrected chi connectivity index (χ2v) is 3.82. The molecular formula is C12H25NO3. The van der Waals surface area contributed by atoms with Crippen molar-refractivity contribution in [1.29, 1.82) is 0 Å². The van der Waals surface area contributed by atoms with Crippen LogP contribution in [0.5, 0.6) is 0 Å². The molecule has 0 bridgehead atoms. The summed E-state index contributed by atoms with van der Waals surface area (Å²) >= 11 is 0. The number of hydrogen-bond acceptors (Lipinski definition) is 3. The van der Waals surface area contributed by atoms with Gasteiger partial charge >= 0.3 is 0 Å². The minimum Gasteiger partial charge on any atom is -0.395 e. The molecule has 0 heterocycles. The topological polar surface area (TPSA) is 49.8 Å². The number of unbranched alkanes of at least 4 members (excludes halogenated alkanes) is 1. The van der Waals surface area contributed by atoms with Crippen LogP contribution >= 0.6 is 0 Å². The first-order chi connectivity index (χ1) is 7.76. The summed E-state index contributed by atoms with van der Waals surface area (Å²) < 4.78 is 5.28. The van der Waals surface area contributed by atoms with Gasteiger partial charge in [0.15, 0.2) is 0 Å². The van der Waals surface area contributed by atoms with Gasteiger partial charge in [0, 0.05) is 19.7 Å². The second kappa shape index (κ2) is 10.9. The maximum atomic E-state index is 11.7. The van der Waals surface area contributed by atoms with Gasteiger partial charge in [-0.15, -0.1) is 0 Å². The van der Waals surface area contributed by atoms with Crippen LogP contribution in [-0.4, -0.2) is 48.8 Å². The fourth-order valence-electron chi connectivity index (χ4n) is 1.39. The number of carbonyl (C=O) groups is 1. The van der Waals surface area contributed by atoms with E-state index in [4.69, 9.17) is 9.84 Å². The molecule has 0 aliphatic carbocycles. The molecule has 0 unspecified atom stereocenters. The zero-order valence-electron chi connectivity index (χ0n) is 10.6. The van der Waals surface area contributed by atoms with Gasteiger partial charge in [0.05, 0.1) is 19.6 Å². The quantitative estimate of drug-likeness (QED) is 0.579. The lowest BCUT2D eigenvalue weighted by Gasteiger charge is -2.21. The van der Waals surface area contributed by atoms with Crippen LogP contribution in [0, 0.1) is 0 Å². The number of amides is 1. The maximum absolute atomic E-state index is 11.7. The lowest BCUT2D eigenvalue weighted by molar-refractivity contribution is -0.132. The van der Waals surface area contributed by atoms with Crippen LogP contribution in [0.4, 0.5) is 0 Å². The summed E-state index contributed by atoms with van der Waals surface area (Å²) in [5.74, 6) is 0.0820. The van der Waals surface area contributed by atoms with Gasteiger partial charge in [0.1, 0.15) is 0 Å². The molecule has 0 saturated heterocycles. The minimum atomic E-state index is 0.0330. The molecule has 16 heavy (non-hydrogen) atoms. The average molecular weight is 231 g/mol. The van der Waals surface area contributed by atoms with E-state index in [9.17, 15) is 4.79 Å². The van der Waals surface area contributed by atoms with Crippen molar-refractivity contribution in [2.24, 2.45) is 0 Å². The zero-order valence-corrected chi connectivity index (χ0v) is 10.6. The van der Waals surface area contributed by atoms with Crippen molar-refractivity contribution in [2.45, 2.75) is 39.5 Å². The molecule has 4 nitrogen and oxygen atoms in total. The summed E-state index contributed by atoms with van der Waals surface area (Å²) in [6.45, 7) is 6.54. The maximum Gasteiger partial charge on any atom is 0.224 e. The van der Waals surface area contributed by atoms with E-state index in [0.29, 0.717) is 26.2 Å². The Balaban J connectivity index is 3.77. The van der Waals surface area contributed by atoms with Gasteiger partial charge < -0.3 is 14.7 Å². The van der Waals surface area contributed by atoms with Crippen LogP contribution in [-0.2, 0) is 9.53 Å². The minimum absolute atomic E-state index is 0.0330. The first-order valence-corrected chi connectivity index (χ1v) is 6.22. The molecule has 0 saturated carbocycles. The van der Waals surface area contributed by atoms with Crippen LogP contribution in [0.3, 0.4) is 0 Å². The van der Waals surface area contributed by atoms with Crippen LogP contribution in [0.25, 0.3) is 0 Å². The monoisotopic (exact) mass is 231 g/mol. The predicted molar refractivity (Wildman–Crippen MR) is 64.3 cm³/mol. The van der Waals surface area contributed by atoms with Crippen molar-refractivity contribution in [3.8, 4) is 0 Å². The van der Waals surface area contributed by atoms with Gasteiger partial charge in [-0.1, -0.05) is 20.3 Å². The fourth-order valence-corrected chi connectivity index (χ4v) is 1.39. The third kappa shape index (κ3) is 7.65. The molecule has 0 aliphatic rings. The highest BCUT2D eigenvalue weighted by atomic mass is 16.5. The lowest BCUT2D eigenvalue weighted by Crippen LogP contribution is -2.35. The Kier molecular flexibility index (Phi) is 10.5. The van der Waals surface area contributed by atoms with Gasteiger partial charge in [-0.05, 0) is 12.8 Å². The third-order valence-corrected chi connectivity index (χ3v) is 2.31.